The highest BCUT2D eigenvalue weighted by Gasteiger charge is 2.15. The molecule has 2 rings (SSSR count). The van der Waals surface area contributed by atoms with Gasteiger partial charge in [0.1, 0.15) is 0 Å². The van der Waals surface area contributed by atoms with E-state index in [0.29, 0.717) is 16.5 Å². The second kappa shape index (κ2) is 7.12. The number of hydrogen-bond donors (Lipinski definition) is 2. The molecular weight excluding hydrogens is 371 g/mol. The molecule has 1 atom stereocenters. The highest BCUT2D eigenvalue weighted by atomic mass is 79.9. The van der Waals surface area contributed by atoms with Crippen molar-refractivity contribution in [1.29, 1.82) is 0 Å². The third-order valence-corrected chi connectivity index (χ3v) is 5.63. The molecule has 2 nitrogen and oxygen atoms in total. The highest BCUT2D eigenvalue weighted by Crippen LogP contribution is 2.31. The Morgan fingerprint density at radius 3 is 2.38 bits per heavy atom. The lowest BCUT2D eigenvalue weighted by Crippen LogP contribution is -2.29. The van der Waals surface area contributed by atoms with Crippen LogP contribution in [-0.4, -0.2) is 0 Å². The lowest BCUT2D eigenvalue weighted by atomic mass is 9.96. The van der Waals surface area contributed by atoms with E-state index in [1.807, 2.05) is 12.1 Å². The summed E-state index contributed by atoms with van der Waals surface area (Å²) in [6.45, 7) is 4.14. The molecule has 0 aliphatic heterocycles. The molecule has 0 saturated carbocycles. The third kappa shape index (κ3) is 3.79. The van der Waals surface area contributed by atoms with Crippen molar-refractivity contribution in [3.8, 4) is 0 Å². The Kier molecular flexibility index (Phi) is 5.69. The first kappa shape index (κ1) is 16.8. The predicted molar refractivity (Wildman–Crippen MR) is 93.8 cm³/mol. The Balaban J connectivity index is 2.34. The van der Waals surface area contributed by atoms with Gasteiger partial charge in [0.05, 0.1) is 16.1 Å². The molecule has 3 N–H and O–H groups in total. The Morgan fingerprint density at radius 2 is 1.81 bits per heavy atom. The summed E-state index contributed by atoms with van der Waals surface area (Å²) in [7, 11) is 0. The summed E-state index contributed by atoms with van der Waals surface area (Å²) in [6, 6.07) is 9.88. The lowest BCUT2D eigenvalue weighted by Gasteiger charge is -2.19. The lowest BCUT2D eigenvalue weighted by molar-refractivity contribution is 0.551. The molecule has 2 aromatic carbocycles. The molecule has 0 aromatic heterocycles. The number of aryl methyl sites for hydroxylation is 2. The summed E-state index contributed by atoms with van der Waals surface area (Å²) in [5, 5.41) is 1.15. The monoisotopic (exact) mass is 386 g/mol. The van der Waals surface area contributed by atoms with Crippen molar-refractivity contribution in [2.75, 3.05) is 0 Å². The number of nitrogens with one attached hydrogen (secondary N) is 1. The van der Waals surface area contributed by atoms with Gasteiger partial charge in [-0.3, -0.25) is 11.3 Å². The summed E-state index contributed by atoms with van der Waals surface area (Å²) < 4.78 is 1.13. The highest BCUT2D eigenvalue weighted by molar-refractivity contribution is 9.10. The van der Waals surface area contributed by atoms with Gasteiger partial charge in [-0.15, -0.1) is 0 Å². The quantitative estimate of drug-likeness (QED) is 0.564. The smallest absolute Gasteiger partial charge is 0.0624 e. The van der Waals surface area contributed by atoms with Gasteiger partial charge in [-0.1, -0.05) is 63.4 Å². The van der Waals surface area contributed by atoms with Crippen molar-refractivity contribution in [1.82, 2.24) is 5.43 Å². The van der Waals surface area contributed by atoms with Crippen molar-refractivity contribution in [2.45, 2.75) is 26.3 Å². The minimum absolute atomic E-state index is 0.0218. The molecule has 0 spiro atoms. The van der Waals surface area contributed by atoms with Crippen LogP contribution in [0.1, 0.15) is 28.3 Å². The standard InChI is InChI=1S/C16H17BrCl2N2/c1-9-6-12(7-10(2)15(9)17)14(21-20)8-11-4-3-5-13(18)16(11)19/h3-7,14,21H,8,20H2,1-2H3. The topological polar surface area (TPSA) is 38.0 Å². The Labute approximate surface area is 143 Å². The summed E-state index contributed by atoms with van der Waals surface area (Å²) in [6.07, 6.45) is 0.677. The van der Waals surface area contributed by atoms with E-state index in [2.05, 4.69) is 47.3 Å². The average Bonchev–Trinajstić information content (AvgIpc) is 2.46. The molecular formula is C16H17BrCl2N2. The molecule has 0 aliphatic rings. The maximum absolute atomic E-state index is 6.26. The van der Waals surface area contributed by atoms with E-state index in [0.717, 1.165) is 15.6 Å². The number of benzene rings is 2. The fraction of sp³-hybridized carbons (Fsp3) is 0.250. The van der Waals surface area contributed by atoms with E-state index >= 15 is 0 Å². The van der Waals surface area contributed by atoms with Gasteiger partial charge in [0.25, 0.3) is 0 Å². The zero-order chi connectivity index (χ0) is 15.6. The summed E-state index contributed by atoms with van der Waals surface area (Å²) >= 11 is 15.9. The molecule has 0 bridgehead atoms. The normalized spacial score (nSPS) is 12.5. The number of hydrazine groups is 1. The maximum atomic E-state index is 6.26. The fourth-order valence-electron chi connectivity index (χ4n) is 2.38. The zero-order valence-corrected chi connectivity index (χ0v) is 15.0. The average molecular weight is 388 g/mol. The molecule has 5 heteroatoms. The molecule has 0 radical (unpaired) electrons. The van der Waals surface area contributed by atoms with E-state index in [-0.39, 0.29) is 6.04 Å². The van der Waals surface area contributed by atoms with Crippen LogP contribution in [0.4, 0.5) is 0 Å². The second-order valence-corrected chi connectivity index (χ2v) is 6.68. The van der Waals surface area contributed by atoms with Crippen molar-refractivity contribution in [3.05, 3.63) is 67.1 Å². The van der Waals surface area contributed by atoms with Crippen LogP contribution in [0.5, 0.6) is 0 Å². The molecule has 0 heterocycles. The largest absolute Gasteiger partial charge is 0.271 e. The van der Waals surface area contributed by atoms with Gasteiger partial charge < -0.3 is 0 Å². The third-order valence-electron chi connectivity index (χ3n) is 3.52. The maximum Gasteiger partial charge on any atom is 0.0624 e. The van der Waals surface area contributed by atoms with Crippen LogP contribution in [0.15, 0.2) is 34.8 Å². The van der Waals surface area contributed by atoms with Gasteiger partial charge in [-0.25, -0.2) is 0 Å². The van der Waals surface area contributed by atoms with Crippen LogP contribution in [0.3, 0.4) is 0 Å². The van der Waals surface area contributed by atoms with Crippen LogP contribution < -0.4 is 11.3 Å². The minimum atomic E-state index is -0.0218. The van der Waals surface area contributed by atoms with Gasteiger partial charge in [0.15, 0.2) is 0 Å². The Hall–Kier alpha value is -0.580. The number of halogens is 3. The van der Waals surface area contributed by atoms with Crippen molar-refractivity contribution < 1.29 is 0 Å². The zero-order valence-electron chi connectivity index (χ0n) is 11.9. The number of rotatable bonds is 4. The van der Waals surface area contributed by atoms with Gasteiger partial charge in [0.2, 0.25) is 0 Å². The van der Waals surface area contributed by atoms with Crippen molar-refractivity contribution >= 4 is 39.1 Å². The van der Waals surface area contributed by atoms with Crippen LogP contribution in [0.25, 0.3) is 0 Å². The first-order valence-corrected chi connectivity index (χ1v) is 8.14. The second-order valence-electron chi connectivity index (χ2n) is 5.11. The van der Waals surface area contributed by atoms with Gasteiger partial charge in [0, 0.05) is 4.47 Å². The molecule has 0 aliphatic carbocycles. The van der Waals surface area contributed by atoms with Gasteiger partial charge in [-0.05, 0) is 48.6 Å². The number of hydrogen-bond acceptors (Lipinski definition) is 2. The first-order chi connectivity index (χ1) is 9.93. The molecule has 1 unspecified atom stereocenters. The van der Waals surface area contributed by atoms with E-state index in [1.165, 1.54) is 11.1 Å². The van der Waals surface area contributed by atoms with Crippen LogP contribution >= 0.6 is 39.1 Å². The summed E-state index contributed by atoms with van der Waals surface area (Å²) in [5.41, 5.74) is 7.34. The first-order valence-electron chi connectivity index (χ1n) is 6.59. The van der Waals surface area contributed by atoms with E-state index < -0.39 is 0 Å². The summed E-state index contributed by atoms with van der Waals surface area (Å²) in [5.74, 6) is 5.74. The molecule has 0 fully saturated rings. The Morgan fingerprint density at radius 1 is 1.19 bits per heavy atom. The predicted octanol–water partition coefficient (Wildman–Crippen LogP) is 5.12. The molecule has 21 heavy (non-hydrogen) atoms. The van der Waals surface area contributed by atoms with E-state index in [9.17, 15) is 0 Å². The van der Waals surface area contributed by atoms with E-state index in [4.69, 9.17) is 29.0 Å². The molecule has 0 amide bonds. The van der Waals surface area contributed by atoms with Gasteiger partial charge >= 0.3 is 0 Å². The summed E-state index contributed by atoms with van der Waals surface area (Å²) in [4.78, 5) is 0. The SMILES string of the molecule is Cc1cc(C(Cc2cccc(Cl)c2Cl)NN)cc(C)c1Br. The van der Waals surface area contributed by atoms with Gasteiger partial charge in [-0.2, -0.15) is 0 Å². The molecule has 2 aromatic rings. The van der Waals surface area contributed by atoms with Crippen LogP contribution in [0.2, 0.25) is 10.0 Å². The molecule has 112 valence electrons. The number of nitrogens with two attached hydrogens (primary N) is 1. The van der Waals surface area contributed by atoms with E-state index in [1.54, 1.807) is 6.07 Å². The minimum Gasteiger partial charge on any atom is -0.271 e. The van der Waals surface area contributed by atoms with Crippen LogP contribution in [-0.2, 0) is 6.42 Å². The molecule has 0 saturated heterocycles. The van der Waals surface area contributed by atoms with Crippen molar-refractivity contribution in [2.24, 2.45) is 5.84 Å². The fourth-order valence-corrected chi connectivity index (χ4v) is 3.01. The Bertz CT molecular complexity index is 636. The van der Waals surface area contributed by atoms with Crippen molar-refractivity contribution in [3.63, 3.8) is 0 Å². The van der Waals surface area contributed by atoms with Crippen LogP contribution in [0, 0.1) is 13.8 Å².